The maximum Gasteiger partial charge on any atom is 0.345 e. The van der Waals surface area contributed by atoms with Gasteiger partial charge in [-0.15, -0.1) is 0 Å². The van der Waals surface area contributed by atoms with Gasteiger partial charge in [0.2, 0.25) is 5.88 Å². The van der Waals surface area contributed by atoms with Gasteiger partial charge < -0.3 is 9.64 Å². The van der Waals surface area contributed by atoms with Crippen molar-refractivity contribution in [3.05, 3.63) is 40.2 Å². The van der Waals surface area contributed by atoms with Crippen LogP contribution >= 0.6 is 0 Å². The summed E-state index contributed by atoms with van der Waals surface area (Å²) in [5, 5.41) is 4.45. The zero-order valence-electron chi connectivity index (χ0n) is 15.7. The van der Waals surface area contributed by atoms with Crippen molar-refractivity contribution in [2.75, 3.05) is 20.2 Å². The molecule has 140 valence electrons. The number of likely N-dealkylation sites (tertiary alicyclic amines) is 1. The van der Waals surface area contributed by atoms with E-state index in [0.29, 0.717) is 24.5 Å². The largest absolute Gasteiger partial charge is 0.480 e. The van der Waals surface area contributed by atoms with Crippen LogP contribution in [0, 0.1) is 0 Å². The zero-order chi connectivity index (χ0) is 18.8. The summed E-state index contributed by atoms with van der Waals surface area (Å²) in [5.41, 5.74) is 0.338. The molecule has 0 radical (unpaired) electrons. The Morgan fingerprint density at radius 1 is 1.38 bits per heavy atom. The molecule has 0 bridgehead atoms. The number of piperidine rings is 1. The van der Waals surface area contributed by atoms with E-state index in [0.717, 1.165) is 18.7 Å². The summed E-state index contributed by atoms with van der Waals surface area (Å²) in [7, 11) is 3.17. The van der Waals surface area contributed by atoms with Gasteiger partial charge in [0.25, 0.3) is 5.91 Å². The molecule has 8 nitrogen and oxygen atoms in total. The van der Waals surface area contributed by atoms with Crippen molar-refractivity contribution in [2.24, 2.45) is 7.05 Å². The number of amides is 1. The average Bonchev–Trinajstić information content (AvgIpc) is 2.96. The monoisotopic (exact) mass is 359 g/mol. The average molecular weight is 359 g/mol. The maximum absolute atomic E-state index is 13.0. The Kier molecular flexibility index (Phi) is 5.11. The van der Waals surface area contributed by atoms with Gasteiger partial charge in [-0.3, -0.25) is 9.36 Å². The lowest BCUT2D eigenvalue weighted by Gasteiger charge is -2.32. The van der Waals surface area contributed by atoms with Crippen LogP contribution in [0.1, 0.15) is 54.8 Å². The number of hydrogen-bond acceptors (Lipinski definition) is 5. The van der Waals surface area contributed by atoms with E-state index in [1.807, 2.05) is 13.8 Å². The van der Waals surface area contributed by atoms with Gasteiger partial charge in [-0.05, 0) is 38.8 Å². The predicted octanol–water partition coefficient (Wildman–Crippen LogP) is 1.59. The molecule has 8 heteroatoms. The molecule has 1 amide bonds. The van der Waals surface area contributed by atoms with Crippen LogP contribution in [-0.4, -0.2) is 50.3 Å². The molecule has 3 heterocycles. The first-order chi connectivity index (χ1) is 12.4. The van der Waals surface area contributed by atoms with Gasteiger partial charge in [0.15, 0.2) is 0 Å². The smallest absolute Gasteiger partial charge is 0.345 e. The van der Waals surface area contributed by atoms with Crippen LogP contribution < -0.4 is 10.4 Å². The first-order valence-electron chi connectivity index (χ1n) is 8.87. The minimum absolute atomic E-state index is 0.0238. The summed E-state index contributed by atoms with van der Waals surface area (Å²) in [6, 6.07) is 3.48. The third-order valence-electron chi connectivity index (χ3n) is 4.77. The Hall–Kier alpha value is -2.64. The number of hydrogen-bond donors (Lipinski definition) is 0. The van der Waals surface area contributed by atoms with Crippen LogP contribution in [0.15, 0.2) is 23.1 Å². The number of carbonyl (C=O) groups excluding carboxylic acids is 1. The highest BCUT2D eigenvalue weighted by Gasteiger charge is 2.31. The Balaban J connectivity index is 1.88. The van der Waals surface area contributed by atoms with Crippen LogP contribution in [0.5, 0.6) is 5.88 Å². The summed E-state index contributed by atoms with van der Waals surface area (Å²) in [4.78, 5) is 31.2. The highest BCUT2D eigenvalue weighted by atomic mass is 16.5. The number of rotatable bonds is 4. The lowest BCUT2D eigenvalue weighted by molar-refractivity contribution is 0.0698. The van der Waals surface area contributed by atoms with Gasteiger partial charge in [-0.25, -0.2) is 14.5 Å². The summed E-state index contributed by atoms with van der Waals surface area (Å²) < 4.78 is 8.32. The molecular formula is C18H25N5O3. The van der Waals surface area contributed by atoms with Crippen molar-refractivity contribution in [1.82, 2.24) is 24.2 Å². The lowest BCUT2D eigenvalue weighted by Crippen LogP contribution is -2.40. The zero-order valence-corrected chi connectivity index (χ0v) is 15.7. The van der Waals surface area contributed by atoms with Gasteiger partial charge in [0.05, 0.1) is 7.11 Å². The highest BCUT2D eigenvalue weighted by Crippen LogP contribution is 2.28. The summed E-state index contributed by atoms with van der Waals surface area (Å²) in [6.45, 7) is 5.14. The van der Waals surface area contributed by atoms with E-state index in [1.54, 1.807) is 34.8 Å². The molecule has 1 saturated heterocycles. The second-order valence-corrected chi connectivity index (χ2v) is 6.88. The second kappa shape index (κ2) is 7.31. The molecule has 2 aromatic rings. The summed E-state index contributed by atoms with van der Waals surface area (Å²) in [6.07, 6.45) is 3.36. The van der Waals surface area contributed by atoms with E-state index >= 15 is 0 Å². The van der Waals surface area contributed by atoms with E-state index in [1.165, 1.54) is 11.8 Å². The molecule has 1 unspecified atom stereocenters. The fraction of sp³-hybridized carbons (Fsp3) is 0.556. The van der Waals surface area contributed by atoms with Gasteiger partial charge >= 0.3 is 5.69 Å². The molecule has 1 aliphatic rings. The van der Waals surface area contributed by atoms with Crippen LogP contribution in [0.25, 0.3) is 0 Å². The third-order valence-corrected chi connectivity index (χ3v) is 4.77. The van der Waals surface area contributed by atoms with Crippen LogP contribution in [0.2, 0.25) is 0 Å². The third kappa shape index (κ3) is 3.23. The Labute approximate surface area is 152 Å². The van der Waals surface area contributed by atoms with E-state index in [4.69, 9.17) is 4.74 Å². The van der Waals surface area contributed by atoms with Crippen molar-refractivity contribution in [2.45, 2.75) is 38.6 Å². The van der Waals surface area contributed by atoms with E-state index < -0.39 is 0 Å². The second-order valence-electron chi connectivity index (χ2n) is 6.88. The fourth-order valence-electron chi connectivity index (χ4n) is 3.52. The van der Waals surface area contributed by atoms with Gasteiger partial charge in [0.1, 0.15) is 11.4 Å². The summed E-state index contributed by atoms with van der Waals surface area (Å²) >= 11 is 0. The molecule has 1 fully saturated rings. The van der Waals surface area contributed by atoms with E-state index in [9.17, 15) is 9.59 Å². The van der Waals surface area contributed by atoms with Crippen LogP contribution in [-0.2, 0) is 7.05 Å². The standard InChI is InChI=1S/C18H25N5O3/c1-12(2)23-15(20-21(3)18(23)25)13-7-6-10-22(11-13)17(24)14-8-5-9-19-16(14)26-4/h5,8-9,12-13H,6-7,10-11H2,1-4H3. The molecule has 3 rings (SSSR count). The Morgan fingerprint density at radius 2 is 2.15 bits per heavy atom. The van der Waals surface area contributed by atoms with Gasteiger partial charge in [0, 0.05) is 38.3 Å². The number of carbonyl (C=O) groups is 1. The molecule has 0 aliphatic carbocycles. The van der Waals surface area contributed by atoms with Gasteiger partial charge in [-0.1, -0.05) is 0 Å². The number of ether oxygens (including phenoxy) is 1. The molecule has 0 spiro atoms. The molecule has 1 atom stereocenters. The molecule has 26 heavy (non-hydrogen) atoms. The minimum atomic E-state index is -0.118. The predicted molar refractivity (Wildman–Crippen MR) is 96.5 cm³/mol. The number of aryl methyl sites for hydroxylation is 1. The van der Waals surface area contributed by atoms with Crippen molar-refractivity contribution in [3.8, 4) is 5.88 Å². The molecule has 0 saturated carbocycles. The van der Waals surface area contributed by atoms with Crippen LogP contribution in [0.3, 0.4) is 0 Å². The van der Waals surface area contributed by atoms with E-state index in [2.05, 4.69) is 10.1 Å². The first kappa shape index (κ1) is 18.2. The number of pyridine rings is 1. The van der Waals surface area contributed by atoms with Crippen molar-refractivity contribution in [3.63, 3.8) is 0 Å². The fourth-order valence-corrected chi connectivity index (χ4v) is 3.52. The van der Waals surface area contributed by atoms with Crippen LogP contribution in [0.4, 0.5) is 0 Å². The molecule has 2 aromatic heterocycles. The van der Waals surface area contributed by atoms with Crippen molar-refractivity contribution < 1.29 is 9.53 Å². The quantitative estimate of drug-likeness (QED) is 0.828. The number of aromatic nitrogens is 4. The lowest BCUT2D eigenvalue weighted by atomic mass is 9.96. The molecular weight excluding hydrogens is 334 g/mol. The topological polar surface area (TPSA) is 82.2 Å². The Bertz CT molecular complexity index is 855. The minimum Gasteiger partial charge on any atom is -0.480 e. The summed E-state index contributed by atoms with van der Waals surface area (Å²) in [5.74, 6) is 1.01. The van der Waals surface area contributed by atoms with Gasteiger partial charge in [-0.2, -0.15) is 5.10 Å². The first-order valence-corrected chi connectivity index (χ1v) is 8.87. The highest BCUT2D eigenvalue weighted by molar-refractivity contribution is 5.96. The molecule has 1 aliphatic heterocycles. The maximum atomic E-state index is 13.0. The van der Waals surface area contributed by atoms with Crippen molar-refractivity contribution >= 4 is 5.91 Å². The Morgan fingerprint density at radius 3 is 2.85 bits per heavy atom. The van der Waals surface area contributed by atoms with Crippen molar-refractivity contribution in [1.29, 1.82) is 0 Å². The number of nitrogens with zero attached hydrogens (tertiary/aromatic N) is 5. The molecule has 0 N–H and O–H groups in total. The normalized spacial score (nSPS) is 17.6. The SMILES string of the molecule is COc1ncccc1C(=O)N1CCCC(c2nn(C)c(=O)n2C(C)C)C1. The van der Waals surface area contributed by atoms with E-state index in [-0.39, 0.29) is 23.6 Å². The molecule has 0 aromatic carbocycles. The number of methoxy groups -OCH3 is 1.